The van der Waals surface area contributed by atoms with Crippen LogP contribution in [0.5, 0.6) is 0 Å². The summed E-state index contributed by atoms with van der Waals surface area (Å²) in [5, 5.41) is 9.83. The zero-order valence-corrected chi connectivity index (χ0v) is 14.8. The number of aliphatic hydroxyl groups is 1. The van der Waals surface area contributed by atoms with Crippen molar-refractivity contribution < 1.29 is 19.3 Å². The molecule has 1 heterocycles. The van der Waals surface area contributed by atoms with Gasteiger partial charge < -0.3 is 19.3 Å². The highest BCUT2D eigenvalue weighted by atomic mass is 79.9. The van der Waals surface area contributed by atoms with Crippen LogP contribution in [-0.2, 0) is 27.4 Å². The van der Waals surface area contributed by atoms with Crippen molar-refractivity contribution in [3.8, 4) is 0 Å². The van der Waals surface area contributed by atoms with E-state index in [1.165, 1.54) is 0 Å². The summed E-state index contributed by atoms with van der Waals surface area (Å²) < 4.78 is 17.4. The van der Waals surface area contributed by atoms with E-state index in [1.54, 1.807) is 0 Å². The highest BCUT2D eigenvalue weighted by Crippen LogP contribution is 2.28. The highest BCUT2D eigenvalue weighted by molar-refractivity contribution is 9.09. The van der Waals surface area contributed by atoms with Crippen LogP contribution in [0.25, 0.3) is 0 Å². The molecule has 4 atom stereocenters. The van der Waals surface area contributed by atoms with Gasteiger partial charge in [-0.15, -0.1) is 0 Å². The maximum atomic E-state index is 10.3. The predicted molar refractivity (Wildman–Crippen MR) is 94.7 cm³/mol. The van der Waals surface area contributed by atoms with E-state index < -0.39 is 17.2 Å². The van der Waals surface area contributed by atoms with E-state index in [0.717, 1.165) is 11.1 Å². The highest BCUT2D eigenvalue weighted by Gasteiger charge is 2.43. The van der Waals surface area contributed by atoms with Gasteiger partial charge >= 0.3 is 0 Å². The second-order valence-electron chi connectivity index (χ2n) is 5.78. The van der Waals surface area contributed by atoms with Crippen molar-refractivity contribution in [1.82, 2.24) is 0 Å². The molecule has 0 aliphatic carbocycles. The zero-order valence-electron chi connectivity index (χ0n) is 13.3. The number of alkyl halides is 1. The molecule has 1 aliphatic rings. The quantitative estimate of drug-likeness (QED) is 0.734. The van der Waals surface area contributed by atoms with Gasteiger partial charge in [0.05, 0.1) is 19.8 Å². The molecule has 2 aromatic rings. The van der Waals surface area contributed by atoms with Gasteiger partial charge in [0, 0.05) is 0 Å². The molecule has 24 heavy (non-hydrogen) atoms. The van der Waals surface area contributed by atoms with E-state index in [1.807, 2.05) is 60.7 Å². The van der Waals surface area contributed by atoms with Gasteiger partial charge in [0.1, 0.15) is 23.3 Å². The van der Waals surface area contributed by atoms with Crippen molar-refractivity contribution in [2.45, 2.75) is 36.5 Å². The standard InChI is InChI=1S/C19H21BrO4/c20-19-17(21)18(23-12-15-9-5-2-6-10-15)16(24-19)13-22-11-14-7-3-1-4-8-14/h1-10,16-19,21H,11-13H2/t16-,17+,18-,19+/m1/s1. The second kappa shape index (κ2) is 8.74. The maximum absolute atomic E-state index is 10.3. The lowest BCUT2D eigenvalue weighted by atomic mass is 10.1. The number of hydrogen-bond acceptors (Lipinski definition) is 4. The Hall–Kier alpha value is -1.24. The lowest BCUT2D eigenvalue weighted by molar-refractivity contribution is -0.0745. The molecule has 3 rings (SSSR count). The molecule has 4 nitrogen and oxygen atoms in total. The largest absolute Gasteiger partial charge is 0.387 e. The minimum atomic E-state index is -0.723. The number of benzene rings is 2. The van der Waals surface area contributed by atoms with Crippen LogP contribution in [0.3, 0.4) is 0 Å². The van der Waals surface area contributed by atoms with Gasteiger partial charge in [-0.25, -0.2) is 0 Å². The third-order valence-corrected chi connectivity index (χ3v) is 4.71. The van der Waals surface area contributed by atoms with Gasteiger partial charge in [0.15, 0.2) is 0 Å². The molecule has 1 fully saturated rings. The molecule has 1 N–H and O–H groups in total. The summed E-state index contributed by atoms with van der Waals surface area (Å²) in [4.78, 5) is 0. The Balaban J connectivity index is 1.52. The Kier molecular flexibility index (Phi) is 6.40. The number of rotatable bonds is 7. The minimum absolute atomic E-state index is 0.309. The number of hydrogen-bond donors (Lipinski definition) is 1. The van der Waals surface area contributed by atoms with Crippen molar-refractivity contribution in [1.29, 1.82) is 0 Å². The Bertz CT molecular complexity index is 607. The van der Waals surface area contributed by atoms with Crippen molar-refractivity contribution in [2.24, 2.45) is 0 Å². The molecule has 0 saturated carbocycles. The van der Waals surface area contributed by atoms with E-state index in [9.17, 15) is 5.11 Å². The molecule has 0 unspecified atom stereocenters. The van der Waals surface area contributed by atoms with E-state index in [4.69, 9.17) is 14.2 Å². The van der Waals surface area contributed by atoms with Crippen LogP contribution in [0.1, 0.15) is 11.1 Å². The van der Waals surface area contributed by atoms with Gasteiger partial charge in [0.2, 0.25) is 0 Å². The first-order valence-electron chi connectivity index (χ1n) is 7.99. The van der Waals surface area contributed by atoms with Crippen molar-refractivity contribution in [2.75, 3.05) is 6.61 Å². The van der Waals surface area contributed by atoms with Crippen molar-refractivity contribution in [3.63, 3.8) is 0 Å². The number of aliphatic hydroxyl groups excluding tert-OH is 1. The first-order valence-corrected chi connectivity index (χ1v) is 8.90. The normalized spacial score (nSPS) is 26.6. The molecule has 1 saturated heterocycles. The summed E-state index contributed by atoms with van der Waals surface area (Å²) in [5.74, 6) is 0. The molecule has 0 spiro atoms. The first kappa shape index (κ1) is 17.6. The Morgan fingerprint density at radius 3 is 2.12 bits per heavy atom. The summed E-state index contributed by atoms with van der Waals surface area (Å²) in [7, 11) is 0. The van der Waals surface area contributed by atoms with Gasteiger partial charge in [-0.2, -0.15) is 0 Å². The zero-order chi connectivity index (χ0) is 16.8. The van der Waals surface area contributed by atoms with E-state index >= 15 is 0 Å². The van der Waals surface area contributed by atoms with Crippen LogP contribution in [0.2, 0.25) is 0 Å². The molecular weight excluding hydrogens is 372 g/mol. The minimum Gasteiger partial charge on any atom is -0.387 e. The molecule has 1 aliphatic heterocycles. The van der Waals surface area contributed by atoms with E-state index in [-0.39, 0.29) is 6.10 Å². The summed E-state index contributed by atoms with van der Waals surface area (Å²) in [5.41, 5.74) is 2.17. The molecular formula is C19H21BrO4. The third-order valence-electron chi connectivity index (χ3n) is 3.96. The van der Waals surface area contributed by atoms with E-state index in [2.05, 4.69) is 15.9 Å². The summed E-state index contributed by atoms with van der Waals surface area (Å²) in [6, 6.07) is 19.9. The fraction of sp³-hybridized carbons (Fsp3) is 0.368. The van der Waals surface area contributed by atoms with Crippen molar-refractivity contribution in [3.05, 3.63) is 71.8 Å². The second-order valence-corrected chi connectivity index (χ2v) is 6.68. The molecule has 0 amide bonds. The Labute approximate surface area is 150 Å². The molecule has 0 radical (unpaired) electrons. The van der Waals surface area contributed by atoms with Gasteiger partial charge in [0.25, 0.3) is 0 Å². The van der Waals surface area contributed by atoms with Crippen LogP contribution in [0, 0.1) is 0 Å². The lowest BCUT2D eigenvalue weighted by Gasteiger charge is -2.21. The monoisotopic (exact) mass is 392 g/mol. The first-order chi connectivity index (χ1) is 11.7. The summed E-state index contributed by atoms with van der Waals surface area (Å²) in [6.45, 7) is 1.31. The summed E-state index contributed by atoms with van der Waals surface area (Å²) in [6.07, 6.45) is -1.46. The topological polar surface area (TPSA) is 47.9 Å². The Morgan fingerprint density at radius 1 is 0.917 bits per heavy atom. The summed E-state index contributed by atoms with van der Waals surface area (Å²) >= 11 is 3.34. The molecule has 0 bridgehead atoms. The fourth-order valence-corrected chi connectivity index (χ4v) is 3.25. The molecule has 0 aromatic heterocycles. The SMILES string of the molecule is O[C@H]1[C@H](OCc2ccccc2)[C@@H](COCc2ccccc2)O[C@@H]1Br. The van der Waals surface area contributed by atoms with Crippen LogP contribution in [0.4, 0.5) is 0 Å². The van der Waals surface area contributed by atoms with E-state index in [0.29, 0.717) is 19.8 Å². The average Bonchev–Trinajstić information content (AvgIpc) is 2.89. The van der Waals surface area contributed by atoms with Gasteiger partial charge in [-0.05, 0) is 11.1 Å². The van der Waals surface area contributed by atoms with Crippen LogP contribution >= 0.6 is 15.9 Å². The molecule has 2 aromatic carbocycles. The van der Waals surface area contributed by atoms with Crippen LogP contribution in [0.15, 0.2) is 60.7 Å². The average molecular weight is 393 g/mol. The van der Waals surface area contributed by atoms with Gasteiger partial charge in [-0.1, -0.05) is 76.6 Å². The van der Waals surface area contributed by atoms with Crippen LogP contribution < -0.4 is 0 Å². The lowest BCUT2D eigenvalue weighted by Crippen LogP contribution is -2.36. The van der Waals surface area contributed by atoms with Crippen LogP contribution in [-0.4, -0.2) is 35.0 Å². The number of ether oxygens (including phenoxy) is 3. The smallest absolute Gasteiger partial charge is 0.141 e. The molecule has 5 heteroatoms. The van der Waals surface area contributed by atoms with Crippen molar-refractivity contribution >= 4 is 15.9 Å². The van der Waals surface area contributed by atoms with Gasteiger partial charge in [-0.3, -0.25) is 0 Å². The third kappa shape index (κ3) is 4.65. The predicted octanol–water partition coefficient (Wildman–Crippen LogP) is 3.27. The maximum Gasteiger partial charge on any atom is 0.141 e. The number of halogens is 1. The fourth-order valence-electron chi connectivity index (χ4n) is 2.67. The molecule has 128 valence electrons. The Morgan fingerprint density at radius 2 is 1.50 bits per heavy atom.